The molecule has 0 heterocycles. The Hall–Kier alpha value is -4.13. The van der Waals surface area contributed by atoms with Crippen LogP contribution in [0.25, 0.3) is 11.1 Å². The van der Waals surface area contributed by atoms with Gasteiger partial charge in [0.25, 0.3) is 0 Å². The maximum absolute atomic E-state index is 13.2. The van der Waals surface area contributed by atoms with Crippen molar-refractivity contribution in [1.29, 1.82) is 0 Å². The number of ether oxygens (including phenoxy) is 2. The molecule has 2 amide bonds. The normalized spacial score (nSPS) is 13.7. The maximum atomic E-state index is 13.2. The van der Waals surface area contributed by atoms with Crippen LogP contribution in [-0.2, 0) is 25.5 Å². The molecule has 0 spiro atoms. The summed E-state index contributed by atoms with van der Waals surface area (Å²) in [7, 11) is 1.28. The van der Waals surface area contributed by atoms with Crippen molar-refractivity contribution in [1.82, 2.24) is 10.6 Å². The summed E-state index contributed by atoms with van der Waals surface area (Å²) < 4.78 is 10.6. The quantitative estimate of drug-likeness (QED) is 0.378. The van der Waals surface area contributed by atoms with E-state index >= 15 is 0 Å². The van der Waals surface area contributed by atoms with E-state index in [2.05, 4.69) is 34.9 Å². The number of hydrogen-bond donors (Lipinski definition) is 2. The molecule has 3 aromatic rings. The molecule has 0 aliphatic heterocycles. The lowest BCUT2D eigenvalue weighted by atomic mass is 9.98. The van der Waals surface area contributed by atoms with Crippen molar-refractivity contribution in [2.75, 3.05) is 13.7 Å². The number of hydrogen-bond acceptors (Lipinski definition) is 5. The molecule has 38 heavy (non-hydrogen) atoms. The number of esters is 1. The maximum Gasteiger partial charge on any atom is 0.407 e. The minimum absolute atomic E-state index is 0.0832. The Balaban J connectivity index is 1.42. The fourth-order valence-electron chi connectivity index (χ4n) is 4.94. The van der Waals surface area contributed by atoms with Crippen LogP contribution in [-0.4, -0.2) is 43.8 Å². The number of amides is 2. The van der Waals surface area contributed by atoms with Crippen LogP contribution in [0.2, 0.25) is 0 Å². The lowest BCUT2D eigenvalue weighted by Gasteiger charge is -2.24. The van der Waals surface area contributed by atoms with E-state index < -0.39 is 30.1 Å². The smallest absolute Gasteiger partial charge is 0.407 e. The van der Waals surface area contributed by atoms with Crippen molar-refractivity contribution in [2.45, 2.75) is 44.7 Å². The van der Waals surface area contributed by atoms with Gasteiger partial charge in [-0.05, 0) is 40.2 Å². The van der Waals surface area contributed by atoms with E-state index in [1.165, 1.54) is 7.11 Å². The molecule has 1 aliphatic rings. The molecule has 0 unspecified atom stereocenters. The summed E-state index contributed by atoms with van der Waals surface area (Å²) in [6.45, 7) is 4.07. The molecular formula is C31H34N2O5. The van der Waals surface area contributed by atoms with Crippen LogP contribution < -0.4 is 10.6 Å². The highest BCUT2D eigenvalue weighted by Crippen LogP contribution is 2.44. The molecule has 2 N–H and O–H groups in total. The Bertz CT molecular complexity index is 1230. The Labute approximate surface area is 223 Å². The average molecular weight is 515 g/mol. The summed E-state index contributed by atoms with van der Waals surface area (Å²) in [5, 5.41) is 5.49. The largest absolute Gasteiger partial charge is 0.467 e. The number of fused-ring (bicyclic) bond motifs is 3. The van der Waals surface area contributed by atoms with Crippen molar-refractivity contribution in [3.8, 4) is 11.1 Å². The van der Waals surface area contributed by atoms with Crippen LogP contribution >= 0.6 is 0 Å². The van der Waals surface area contributed by atoms with Gasteiger partial charge < -0.3 is 20.1 Å². The van der Waals surface area contributed by atoms with E-state index in [1.54, 1.807) is 0 Å². The van der Waals surface area contributed by atoms with Gasteiger partial charge >= 0.3 is 12.1 Å². The van der Waals surface area contributed by atoms with Crippen molar-refractivity contribution in [3.05, 3.63) is 95.6 Å². The number of benzene rings is 3. The highest BCUT2D eigenvalue weighted by molar-refractivity contribution is 5.90. The van der Waals surface area contributed by atoms with Gasteiger partial charge in [0.05, 0.1) is 7.11 Å². The summed E-state index contributed by atoms with van der Waals surface area (Å²) in [5.41, 5.74) is 5.38. The Morgan fingerprint density at radius 3 is 1.95 bits per heavy atom. The number of alkyl carbamates (subject to hydrolysis) is 1. The second-order valence-electron chi connectivity index (χ2n) is 9.93. The summed E-state index contributed by atoms with van der Waals surface area (Å²) in [6, 6.07) is 23.8. The van der Waals surface area contributed by atoms with Crippen molar-refractivity contribution < 1.29 is 23.9 Å². The third-order valence-corrected chi connectivity index (χ3v) is 6.74. The predicted molar refractivity (Wildman–Crippen MR) is 146 cm³/mol. The monoisotopic (exact) mass is 514 g/mol. The standard InChI is InChI=1S/C31H34N2O5/c1-20(2)17-27(29(34)32-28(30(35)37-3)18-21-11-5-4-6-12-21)33-31(36)38-19-26-24-15-9-7-13-22(24)23-14-8-10-16-25(23)26/h4-16,20,26-28H,17-19H2,1-3H3,(H,32,34)(H,33,36)/t27-,28-/m0/s1. The van der Waals surface area contributed by atoms with E-state index in [-0.39, 0.29) is 24.9 Å². The molecule has 0 saturated heterocycles. The molecule has 4 rings (SSSR count). The van der Waals surface area contributed by atoms with Crippen molar-refractivity contribution in [2.24, 2.45) is 5.92 Å². The third-order valence-electron chi connectivity index (χ3n) is 6.74. The van der Waals surface area contributed by atoms with Crippen LogP contribution in [0.15, 0.2) is 78.9 Å². The van der Waals surface area contributed by atoms with E-state index in [4.69, 9.17) is 9.47 Å². The van der Waals surface area contributed by atoms with E-state index in [9.17, 15) is 14.4 Å². The number of rotatable bonds is 10. The van der Waals surface area contributed by atoms with Crippen LogP contribution in [0, 0.1) is 5.92 Å². The minimum atomic E-state index is -0.881. The number of carbonyl (C=O) groups excluding carboxylic acids is 3. The fourth-order valence-corrected chi connectivity index (χ4v) is 4.94. The van der Waals surface area contributed by atoms with Gasteiger partial charge in [-0.25, -0.2) is 9.59 Å². The molecule has 0 radical (unpaired) electrons. The second-order valence-corrected chi connectivity index (χ2v) is 9.93. The van der Waals surface area contributed by atoms with Crippen LogP contribution in [0.1, 0.15) is 42.9 Å². The molecular weight excluding hydrogens is 480 g/mol. The molecule has 7 heteroatoms. The lowest BCUT2D eigenvalue weighted by molar-refractivity contribution is -0.145. The van der Waals surface area contributed by atoms with Crippen molar-refractivity contribution >= 4 is 18.0 Å². The molecule has 7 nitrogen and oxygen atoms in total. The van der Waals surface area contributed by atoms with Crippen LogP contribution in [0.5, 0.6) is 0 Å². The Morgan fingerprint density at radius 1 is 0.789 bits per heavy atom. The molecule has 1 aliphatic carbocycles. The summed E-state index contributed by atoms with van der Waals surface area (Å²) in [5.74, 6) is -0.976. The predicted octanol–water partition coefficient (Wildman–Crippen LogP) is 4.84. The van der Waals surface area contributed by atoms with Gasteiger partial charge in [-0.2, -0.15) is 0 Å². The zero-order valence-electron chi connectivity index (χ0n) is 22.0. The average Bonchev–Trinajstić information content (AvgIpc) is 3.24. The number of methoxy groups -OCH3 is 1. The molecule has 0 aromatic heterocycles. The lowest BCUT2D eigenvalue weighted by Crippen LogP contribution is -2.53. The molecule has 0 fully saturated rings. The molecule has 0 bridgehead atoms. The first-order valence-electron chi connectivity index (χ1n) is 12.9. The van der Waals surface area contributed by atoms with Crippen LogP contribution in [0.3, 0.4) is 0 Å². The van der Waals surface area contributed by atoms with Gasteiger partial charge in [0.1, 0.15) is 18.7 Å². The fraction of sp³-hybridized carbons (Fsp3) is 0.323. The first-order chi connectivity index (χ1) is 18.4. The summed E-state index contributed by atoms with van der Waals surface area (Å²) >= 11 is 0. The first kappa shape index (κ1) is 26.9. The van der Waals surface area contributed by atoms with Crippen molar-refractivity contribution in [3.63, 3.8) is 0 Å². The second kappa shape index (κ2) is 12.4. The number of nitrogens with one attached hydrogen (secondary N) is 2. The Morgan fingerprint density at radius 2 is 1.37 bits per heavy atom. The minimum Gasteiger partial charge on any atom is -0.467 e. The van der Waals surface area contributed by atoms with Gasteiger partial charge in [-0.1, -0.05) is 92.7 Å². The zero-order valence-corrected chi connectivity index (χ0v) is 22.0. The third kappa shape index (κ3) is 6.40. The first-order valence-corrected chi connectivity index (χ1v) is 12.9. The SMILES string of the molecule is COC(=O)[C@H](Cc1ccccc1)NC(=O)[C@H](CC(C)C)NC(=O)OCC1c2ccccc2-c2ccccc21. The van der Waals surface area contributed by atoms with Crippen LogP contribution in [0.4, 0.5) is 4.79 Å². The van der Waals surface area contributed by atoms with Gasteiger partial charge in [-0.15, -0.1) is 0 Å². The van der Waals surface area contributed by atoms with Gasteiger partial charge in [0, 0.05) is 12.3 Å². The molecule has 198 valence electrons. The summed E-state index contributed by atoms with van der Waals surface area (Å²) in [6.07, 6.45) is -0.0150. The van der Waals surface area contributed by atoms with Gasteiger partial charge in [-0.3, -0.25) is 4.79 Å². The topological polar surface area (TPSA) is 93.7 Å². The number of carbonyl (C=O) groups is 3. The highest BCUT2D eigenvalue weighted by Gasteiger charge is 2.31. The summed E-state index contributed by atoms with van der Waals surface area (Å²) in [4.78, 5) is 38.5. The molecule has 0 saturated carbocycles. The zero-order chi connectivity index (χ0) is 27.1. The molecule has 3 aromatic carbocycles. The highest BCUT2D eigenvalue weighted by atomic mass is 16.5. The molecule has 2 atom stereocenters. The Kier molecular flexibility index (Phi) is 8.79. The van der Waals surface area contributed by atoms with Gasteiger partial charge in [0.2, 0.25) is 5.91 Å². The van der Waals surface area contributed by atoms with Gasteiger partial charge in [0.15, 0.2) is 0 Å². The van der Waals surface area contributed by atoms with E-state index in [0.29, 0.717) is 6.42 Å². The van der Waals surface area contributed by atoms with E-state index in [0.717, 1.165) is 27.8 Å². The van der Waals surface area contributed by atoms with E-state index in [1.807, 2.05) is 68.4 Å².